The van der Waals surface area contributed by atoms with Crippen LogP contribution in [0.4, 0.5) is 8.78 Å². The number of amides is 1. The summed E-state index contributed by atoms with van der Waals surface area (Å²) in [6, 6.07) is 11.3. The van der Waals surface area contributed by atoms with Gasteiger partial charge in [-0.15, -0.1) is 0 Å². The Morgan fingerprint density at radius 3 is 2.76 bits per heavy atom. The Labute approximate surface area is 141 Å². The molecule has 3 rings (SSSR count). The number of carbonyl (C=O) groups excluding carboxylic acids is 1. The Morgan fingerprint density at radius 2 is 2.04 bits per heavy atom. The van der Waals surface area contributed by atoms with Gasteiger partial charge in [-0.05, 0) is 48.9 Å². The molecule has 0 unspecified atom stereocenters. The van der Waals surface area contributed by atoms with Crippen LogP contribution in [0.2, 0.25) is 0 Å². The van der Waals surface area contributed by atoms with Crippen molar-refractivity contribution in [3.8, 4) is 5.75 Å². The molecule has 25 heavy (non-hydrogen) atoms. The van der Waals surface area contributed by atoms with Crippen LogP contribution in [0.15, 0.2) is 53.8 Å². The van der Waals surface area contributed by atoms with Crippen molar-refractivity contribution in [2.75, 3.05) is 0 Å². The topological polar surface area (TPSA) is 68.0 Å². The summed E-state index contributed by atoms with van der Waals surface area (Å²) >= 11 is 0. The molecule has 0 saturated carbocycles. The zero-order valence-electron chi connectivity index (χ0n) is 13.2. The summed E-state index contributed by atoms with van der Waals surface area (Å²) in [5.74, 6) is -0.345. The minimum absolute atomic E-state index is 0.0533. The lowest BCUT2D eigenvalue weighted by molar-refractivity contribution is -0.0498. The first-order valence-electron chi connectivity index (χ1n) is 7.36. The Bertz CT molecular complexity index is 920. The minimum Gasteiger partial charge on any atom is -0.435 e. The van der Waals surface area contributed by atoms with Crippen molar-refractivity contribution in [3.05, 3.63) is 65.6 Å². The van der Waals surface area contributed by atoms with Gasteiger partial charge in [-0.25, -0.2) is 10.4 Å². The highest BCUT2D eigenvalue weighted by Gasteiger charge is 2.15. The van der Waals surface area contributed by atoms with Gasteiger partial charge in [0.05, 0.1) is 11.9 Å². The molecule has 0 saturated heterocycles. The number of benzene rings is 1. The molecule has 1 N–H and O–H groups in total. The number of nitrogens with zero attached hydrogens (tertiary/aromatic N) is 3. The van der Waals surface area contributed by atoms with Crippen LogP contribution in [0.25, 0.3) is 5.65 Å². The van der Waals surface area contributed by atoms with Gasteiger partial charge < -0.3 is 4.74 Å². The van der Waals surface area contributed by atoms with Gasteiger partial charge in [-0.3, -0.25) is 9.20 Å². The van der Waals surface area contributed by atoms with E-state index in [1.165, 1.54) is 18.3 Å². The molecule has 0 fully saturated rings. The second-order valence-electron chi connectivity index (χ2n) is 5.12. The monoisotopic (exact) mass is 344 g/mol. The van der Waals surface area contributed by atoms with Gasteiger partial charge in [-0.2, -0.15) is 13.9 Å². The molecule has 2 heterocycles. The summed E-state index contributed by atoms with van der Waals surface area (Å²) in [5, 5.41) is 3.88. The highest BCUT2D eigenvalue weighted by Crippen LogP contribution is 2.14. The quantitative estimate of drug-likeness (QED) is 0.571. The molecule has 2 aromatic heterocycles. The number of nitrogens with one attached hydrogen (secondary N) is 1. The summed E-state index contributed by atoms with van der Waals surface area (Å²) in [6.07, 6.45) is 3.15. The fourth-order valence-electron chi connectivity index (χ4n) is 2.34. The Morgan fingerprint density at radius 1 is 1.28 bits per heavy atom. The van der Waals surface area contributed by atoms with E-state index in [4.69, 9.17) is 0 Å². The number of ether oxygens (including phenoxy) is 1. The van der Waals surface area contributed by atoms with E-state index in [1.54, 1.807) is 41.8 Å². The first kappa shape index (κ1) is 16.6. The van der Waals surface area contributed by atoms with Crippen molar-refractivity contribution in [1.82, 2.24) is 14.8 Å². The van der Waals surface area contributed by atoms with Gasteiger partial charge in [0.15, 0.2) is 0 Å². The summed E-state index contributed by atoms with van der Waals surface area (Å²) in [7, 11) is 0. The molecule has 1 aromatic carbocycles. The summed E-state index contributed by atoms with van der Waals surface area (Å²) < 4.78 is 30.1. The Balaban J connectivity index is 1.69. The van der Waals surface area contributed by atoms with Crippen LogP contribution in [0.3, 0.4) is 0 Å². The third-order valence-corrected chi connectivity index (χ3v) is 3.40. The number of imidazole rings is 1. The summed E-state index contributed by atoms with van der Waals surface area (Å²) in [5.41, 5.74) is 4.71. The second-order valence-corrected chi connectivity index (χ2v) is 5.12. The van der Waals surface area contributed by atoms with Crippen LogP contribution < -0.4 is 10.2 Å². The average molecular weight is 344 g/mol. The standard InChI is InChI=1S/C17H14F2N4O2/c1-11-15(23-9-3-2-4-14(23)21-11)16(24)22-20-10-12-5-7-13(8-6-12)25-17(18)19/h2-10,17H,1H3,(H,22,24)/b20-10+. The molecule has 0 bridgehead atoms. The fraction of sp³-hybridized carbons (Fsp3) is 0.118. The molecule has 8 heteroatoms. The number of aromatic nitrogens is 2. The normalized spacial score (nSPS) is 11.4. The van der Waals surface area contributed by atoms with E-state index in [-0.39, 0.29) is 5.75 Å². The molecule has 1 amide bonds. The molecule has 0 aliphatic rings. The first-order chi connectivity index (χ1) is 12.0. The molecule has 0 radical (unpaired) electrons. The van der Waals surface area contributed by atoms with Crippen LogP contribution >= 0.6 is 0 Å². The minimum atomic E-state index is -2.87. The van der Waals surface area contributed by atoms with Crippen molar-refractivity contribution in [1.29, 1.82) is 0 Å². The molecular formula is C17H14F2N4O2. The number of halogens is 2. The van der Waals surface area contributed by atoms with Crippen molar-refractivity contribution in [2.24, 2.45) is 5.10 Å². The van der Waals surface area contributed by atoms with Crippen LogP contribution in [0.5, 0.6) is 5.75 Å². The third kappa shape index (κ3) is 3.79. The molecule has 3 aromatic rings. The number of hydrogen-bond acceptors (Lipinski definition) is 4. The van der Waals surface area contributed by atoms with Crippen molar-refractivity contribution >= 4 is 17.8 Å². The van der Waals surface area contributed by atoms with Gasteiger partial charge in [0.1, 0.15) is 17.1 Å². The predicted octanol–water partition coefficient (Wildman–Crippen LogP) is 3.01. The highest BCUT2D eigenvalue weighted by atomic mass is 19.3. The maximum absolute atomic E-state index is 12.3. The molecule has 0 aliphatic heterocycles. The average Bonchev–Trinajstić information content (AvgIpc) is 2.91. The predicted molar refractivity (Wildman–Crippen MR) is 88.1 cm³/mol. The number of hydrogen-bond donors (Lipinski definition) is 1. The van der Waals surface area contributed by atoms with Crippen molar-refractivity contribution in [3.63, 3.8) is 0 Å². The van der Waals surface area contributed by atoms with E-state index in [0.717, 1.165) is 0 Å². The van der Waals surface area contributed by atoms with E-state index < -0.39 is 12.5 Å². The number of fused-ring (bicyclic) bond motifs is 1. The van der Waals surface area contributed by atoms with Gasteiger partial charge in [0, 0.05) is 6.20 Å². The molecule has 0 atom stereocenters. The van der Waals surface area contributed by atoms with Gasteiger partial charge >= 0.3 is 6.61 Å². The SMILES string of the molecule is Cc1nc2ccccn2c1C(=O)N/N=C/c1ccc(OC(F)F)cc1. The van der Waals surface area contributed by atoms with E-state index >= 15 is 0 Å². The summed E-state index contributed by atoms with van der Waals surface area (Å²) in [4.78, 5) is 16.6. The van der Waals surface area contributed by atoms with Crippen LogP contribution in [0, 0.1) is 6.92 Å². The molecular weight excluding hydrogens is 330 g/mol. The van der Waals surface area contributed by atoms with Crippen LogP contribution in [0.1, 0.15) is 21.7 Å². The number of alkyl halides is 2. The largest absolute Gasteiger partial charge is 0.435 e. The fourth-order valence-corrected chi connectivity index (χ4v) is 2.34. The number of carbonyl (C=O) groups is 1. The lowest BCUT2D eigenvalue weighted by Crippen LogP contribution is -2.20. The van der Waals surface area contributed by atoms with E-state index in [0.29, 0.717) is 22.6 Å². The maximum atomic E-state index is 12.3. The second kappa shape index (κ2) is 7.08. The molecule has 0 spiro atoms. The molecule has 128 valence electrons. The summed E-state index contributed by atoms with van der Waals surface area (Å²) in [6.45, 7) is -1.12. The van der Waals surface area contributed by atoms with Crippen molar-refractivity contribution in [2.45, 2.75) is 13.5 Å². The van der Waals surface area contributed by atoms with Gasteiger partial charge in [0.2, 0.25) is 0 Å². The van der Waals surface area contributed by atoms with Gasteiger partial charge in [0.25, 0.3) is 5.91 Å². The van der Waals surface area contributed by atoms with Crippen molar-refractivity contribution < 1.29 is 18.3 Å². The van der Waals surface area contributed by atoms with E-state index in [1.807, 2.05) is 6.07 Å². The van der Waals surface area contributed by atoms with Crippen LogP contribution in [-0.2, 0) is 0 Å². The number of aryl methyl sites for hydroxylation is 1. The van der Waals surface area contributed by atoms with Gasteiger partial charge in [-0.1, -0.05) is 6.07 Å². The van der Waals surface area contributed by atoms with E-state index in [2.05, 4.69) is 20.2 Å². The number of hydrazone groups is 1. The van der Waals surface area contributed by atoms with Crippen LogP contribution in [-0.4, -0.2) is 28.1 Å². The number of rotatable bonds is 5. The lowest BCUT2D eigenvalue weighted by Gasteiger charge is -2.04. The Hall–Kier alpha value is -3.29. The first-order valence-corrected chi connectivity index (χ1v) is 7.36. The number of pyridine rings is 1. The Kier molecular flexibility index (Phi) is 4.69. The van der Waals surface area contributed by atoms with E-state index in [9.17, 15) is 13.6 Å². The zero-order valence-corrected chi connectivity index (χ0v) is 13.2. The third-order valence-electron chi connectivity index (χ3n) is 3.40. The maximum Gasteiger partial charge on any atom is 0.387 e. The zero-order chi connectivity index (χ0) is 17.8. The smallest absolute Gasteiger partial charge is 0.387 e. The molecule has 0 aliphatic carbocycles. The lowest BCUT2D eigenvalue weighted by atomic mass is 10.2. The highest BCUT2D eigenvalue weighted by molar-refractivity contribution is 5.95. The molecule has 6 nitrogen and oxygen atoms in total.